The molecule has 1 aromatic carbocycles. The molecule has 0 spiro atoms. The lowest BCUT2D eigenvalue weighted by Gasteiger charge is -2.47. The average Bonchev–Trinajstić information content (AvgIpc) is 3.13. The van der Waals surface area contributed by atoms with E-state index in [1.807, 2.05) is 51.1 Å². The number of likely N-dealkylation sites (tertiary alicyclic amines) is 1. The Morgan fingerprint density at radius 2 is 1.77 bits per heavy atom. The molecule has 224 valence electrons. The number of carbonyl (C=O) groups excluding carboxylic acids is 2. The van der Waals surface area contributed by atoms with Gasteiger partial charge in [0.25, 0.3) is 0 Å². The van der Waals surface area contributed by atoms with Crippen LogP contribution in [0.25, 0.3) is 0 Å². The summed E-state index contributed by atoms with van der Waals surface area (Å²) in [6, 6.07) is 8.75. The summed E-state index contributed by atoms with van der Waals surface area (Å²) in [5.74, 6) is 0.774. The molecule has 0 bridgehead atoms. The fraction of sp³-hybridized carbons (Fsp3) is 0.742. The largest absolute Gasteiger partial charge is 0.390 e. The third-order valence-corrected chi connectivity index (χ3v) is 11.9. The van der Waals surface area contributed by atoms with E-state index in [1.54, 1.807) is 6.92 Å². The highest BCUT2D eigenvalue weighted by Crippen LogP contribution is 2.39. The zero-order valence-corrected chi connectivity index (χ0v) is 25.5. The van der Waals surface area contributed by atoms with Crippen molar-refractivity contribution >= 4 is 21.7 Å². The summed E-state index contributed by atoms with van der Waals surface area (Å²) in [7, 11) is -3.34. The minimum absolute atomic E-state index is 0.00765. The molecular formula is C31H49N3O5S. The van der Waals surface area contributed by atoms with Crippen molar-refractivity contribution in [2.24, 2.45) is 11.8 Å². The van der Waals surface area contributed by atoms with Crippen LogP contribution in [0, 0.1) is 11.8 Å². The van der Waals surface area contributed by atoms with Crippen molar-refractivity contribution in [3.8, 4) is 0 Å². The van der Waals surface area contributed by atoms with E-state index in [1.165, 1.54) is 12.8 Å². The van der Waals surface area contributed by atoms with Crippen molar-refractivity contribution in [1.29, 1.82) is 0 Å². The summed E-state index contributed by atoms with van der Waals surface area (Å²) in [6.07, 6.45) is 5.88. The van der Waals surface area contributed by atoms with Gasteiger partial charge in [-0.3, -0.25) is 14.5 Å². The number of aliphatic hydroxyl groups is 1. The molecule has 8 nitrogen and oxygen atoms in total. The van der Waals surface area contributed by atoms with Crippen LogP contribution in [0.3, 0.4) is 0 Å². The minimum Gasteiger partial charge on any atom is -0.390 e. The number of nitrogens with one attached hydrogen (secondary N) is 2. The Bertz CT molecular complexity index is 1140. The van der Waals surface area contributed by atoms with Gasteiger partial charge < -0.3 is 15.7 Å². The second-order valence-corrected chi connectivity index (χ2v) is 16.4. The normalized spacial score (nSPS) is 30.2. The first kappa shape index (κ1) is 31.0. The van der Waals surface area contributed by atoms with Gasteiger partial charge in [-0.05, 0) is 77.2 Å². The lowest BCUT2D eigenvalue weighted by Crippen LogP contribution is -2.60. The number of hydrogen-bond donors (Lipinski definition) is 3. The molecule has 2 saturated heterocycles. The number of benzene rings is 1. The maximum absolute atomic E-state index is 13.4. The zero-order chi connectivity index (χ0) is 29.1. The zero-order valence-electron chi connectivity index (χ0n) is 24.7. The number of β-amino-alcohol motifs (C(OH)–C–C–N with tert-alkyl or cyclic N) is 1. The molecule has 3 fully saturated rings. The first-order chi connectivity index (χ1) is 18.8. The second kappa shape index (κ2) is 12.5. The van der Waals surface area contributed by atoms with Crippen molar-refractivity contribution in [3.05, 3.63) is 35.9 Å². The Hall–Kier alpha value is -1.97. The number of rotatable bonds is 9. The molecule has 3 aliphatic rings. The van der Waals surface area contributed by atoms with E-state index in [-0.39, 0.29) is 42.1 Å². The van der Waals surface area contributed by atoms with Crippen LogP contribution in [0.1, 0.15) is 84.6 Å². The second-order valence-electron chi connectivity index (χ2n) is 13.7. The Kier molecular flexibility index (Phi) is 9.67. The molecule has 2 aliphatic heterocycles. The van der Waals surface area contributed by atoms with Crippen molar-refractivity contribution < 1.29 is 23.1 Å². The van der Waals surface area contributed by atoms with Gasteiger partial charge in [0, 0.05) is 25.0 Å². The molecule has 3 N–H and O–H groups in total. The Labute approximate surface area is 240 Å². The summed E-state index contributed by atoms with van der Waals surface area (Å²) in [6.45, 7) is 8.61. The highest BCUT2D eigenvalue weighted by molar-refractivity contribution is 7.93. The van der Waals surface area contributed by atoms with Gasteiger partial charge in [-0.15, -0.1) is 0 Å². The predicted octanol–water partition coefficient (Wildman–Crippen LogP) is 3.23. The number of aliphatic hydroxyl groups excluding tert-OH is 1. The van der Waals surface area contributed by atoms with Gasteiger partial charge >= 0.3 is 0 Å². The fourth-order valence-electron chi connectivity index (χ4n) is 6.98. The predicted molar refractivity (Wildman–Crippen MR) is 157 cm³/mol. The smallest absolute Gasteiger partial charge is 0.237 e. The van der Waals surface area contributed by atoms with Crippen molar-refractivity contribution in [1.82, 2.24) is 15.5 Å². The van der Waals surface area contributed by atoms with Crippen LogP contribution in [0.4, 0.5) is 0 Å². The fourth-order valence-corrected chi connectivity index (χ4v) is 8.80. The molecule has 6 atom stereocenters. The van der Waals surface area contributed by atoms with E-state index in [2.05, 4.69) is 15.5 Å². The molecule has 6 unspecified atom stereocenters. The molecule has 0 radical (unpaired) electrons. The average molecular weight is 576 g/mol. The maximum atomic E-state index is 13.4. The summed E-state index contributed by atoms with van der Waals surface area (Å²) >= 11 is 0. The summed E-state index contributed by atoms with van der Waals surface area (Å²) in [4.78, 5) is 28.8. The Morgan fingerprint density at radius 1 is 1.10 bits per heavy atom. The first-order valence-electron chi connectivity index (χ1n) is 15.1. The third-order valence-electron chi connectivity index (χ3n) is 9.24. The number of hydrogen-bond acceptors (Lipinski definition) is 6. The number of carbonyl (C=O) groups is 2. The third kappa shape index (κ3) is 7.65. The SMILES string of the molecule is CC(C)(C)NC(=O)C1CC2CCCCC2CN1CC(O)C(Cc1ccccc1)NC(=O)CC1(C)CCCS1(=O)=O. The quantitative estimate of drug-likeness (QED) is 0.417. The Morgan fingerprint density at radius 3 is 2.40 bits per heavy atom. The van der Waals surface area contributed by atoms with Gasteiger partial charge in [-0.1, -0.05) is 49.6 Å². The van der Waals surface area contributed by atoms with Crippen LogP contribution >= 0.6 is 0 Å². The summed E-state index contributed by atoms with van der Waals surface area (Å²) < 4.78 is 24.2. The van der Waals surface area contributed by atoms with Crippen LogP contribution < -0.4 is 10.6 Å². The number of piperidine rings is 1. The molecule has 1 aromatic rings. The van der Waals surface area contributed by atoms with Gasteiger partial charge in [0.05, 0.1) is 28.7 Å². The number of nitrogens with zero attached hydrogens (tertiary/aromatic N) is 1. The molecule has 4 rings (SSSR count). The maximum Gasteiger partial charge on any atom is 0.237 e. The van der Waals surface area contributed by atoms with Gasteiger partial charge in [-0.25, -0.2) is 8.42 Å². The topological polar surface area (TPSA) is 116 Å². The van der Waals surface area contributed by atoms with Crippen LogP contribution in [-0.2, 0) is 25.8 Å². The van der Waals surface area contributed by atoms with Gasteiger partial charge in [0.2, 0.25) is 11.8 Å². The molecule has 40 heavy (non-hydrogen) atoms. The summed E-state index contributed by atoms with van der Waals surface area (Å²) in [5, 5.41) is 17.8. The summed E-state index contributed by atoms with van der Waals surface area (Å²) in [5.41, 5.74) is 0.616. The van der Waals surface area contributed by atoms with E-state index in [4.69, 9.17) is 0 Å². The Balaban J connectivity index is 1.52. The first-order valence-corrected chi connectivity index (χ1v) is 16.7. The van der Waals surface area contributed by atoms with Crippen LogP contribution in [0.5, 0.6) is 0 Å². The van der Waals surface area contributed by atoms with Crippen molar-refractivity contribution in [2.45, 2.75) is 114 Å². The molecule has 2 amide bonds. The highest BCUT2D eigenvalue weighted by atomic mass is 32.2. The molecule has 9 heteroatoms. The molecular weight excluding hydrogens is 526 g/mol. The van der Waals surface area contributed by atoms with E-state index in [9.17, 15) is 23.1 Å². The van der Waals surface area contributed by atoms with E-state index < -0.39 is 26.7 Å². The van der Waals surface area contributed by atoms with Crippen LogP contribution in [0.15, 0.2) is 30.3 Å². The molecule has 2 heterocycles. The van der Waals surface area contributed by atoms with E-state index >= 15 is 0 Å². The van der Waals surface area contributed by atoms with E-state index in [0.717, 1.165) is 31.4 Å². The number of sulfone groups is 1. The monoisotopic (exact) mass is 575 g/mol. The molecule has 1 aliphatic carbocycles. The standard InChI is InChI=1S/C31H49N3O5S/c1-30(2,3)33-29(37)26-18-23-13-8-9-14-24(23)20-34(26)21-27(35)25(17-22-11-6-5-7-12-22)32-28(36)19-31(4)15-10-16-40(31,38)39/h5-7,11-12,23-27,35H,8-10,13-21H2,1-4H3,(H,32,36)(H,33,37). The highest BCUT2D eigenvalue weighted by Gasteiger charge is 2.46. The van der Waals surface area contributed by atoms with Crippen LogP contribution in [-0.4, -0.2) is 77.6 Å². The van der Waals surface area contributed by atoms with Gasteiger partial charge in [0.15, 0.2) is 9.84 Å². The molecule has 0 aromatic heterocycles. The lowest BCUT2D eigenvalue weighted by molar-refractivity contribution is -0.133. The number of amides is 2. The van der Waals surface area contributed by atoms with Gasteiger partial charge in [-0.2, -0.15) is 0 Å². The van der Waals surface area contributed by atoms with Crippen LogP contribution in [0.2, 0.25) is 0 Å². The van der Waals surface area contributed by atoms with Crippen molar-refractivity contribution in [2.75, 3.05) is 18.8 Å². The number of fused-ring (bicyclic) bond motifs is 1. The van der Waals surface area contributed by atoms with Gasteiger partial charge in [0.1, 0.15) is 0 Å². The van der Waals surface area contributed by atoms with E-state index in [0.29, 0.717) is 31.1 Å². The lowest BCUT2D eigenvalue weighted by atomic mass is 9.72. The minimum atomic E-state index is -3.34. The molecule has 1 saturated carbocycles. The van der Waals surface area contributed by atoms with Crippen molar-refractivity contribution in [3.63, 3.8) is 0 Å².